The highest BCUT2D eigenvalue weighted by Crippen LogP contribution is 2.25. The molecule has 0 amide bonds. The van der Waals surface area contributed by atoms with Gasteiger partial charge in [-0.25, -0.2) is 0 Å². The molecule has 0 radical (unpaired) electrons. The second-order valence-corrected chi connectivity index (χ2v) is 6.47. The van der Waals surface area contributed by atoms with Gasteiger partial charge in [0.2, 0.25) is 0 Å². The molecule has 0 aliphatic heterocycles. The van der Waals surface area contributed by atoms with Crippen LogP contribution in [0.25, 0.3) is 10.8 Å². The molecule has 0 N–H and O–H groups in total. The summed E-state index contributed by atoms with van der Waals surface area (Å²) in [4.78, 5) is 6.86. The summed E-state index contributed by atoms with van der Waals surface area (Å²) in [6.07, 6.45) is 1.90. The van der Waals surface area contributed by atoms with Crippen LogP contribution in [0.3, 0.4) is 0 Å². The number of hydrogen-bond donors (Lipinski definition) is 0. The fraction of sp³-hybridized carbons (Fsp3) is 0.190. The molecular weight excluding hydrogens is 351 g/mol. The normalized spacial score (nSPS) is 11.3. The third-order valence-corrected chi connectivity index (χ3v) is 4.42. The van der Waals surface area contributed by atoms with E-state index in [1.807, 2.05) is 30.5 Å². The molecular formula is C21H20Cl2N2. The van der Waals surface area contributed by atoms with E-state index in [1.165, 1.54) is 5.39 Å². The Hall–Kier alpha value is -2.03. The second kappa shape index (κ2) is 8.89. The molecule has 25 heavy (non-hydrogen) atoms. The molecule has 0 atom stereocenters. The summed E-state index contributed by atoms with van der Waals surface area (Å²) in [6.45, 7) is 1.58. The van der Waals surface area contributed by atoms with Crippen LogP contribution in [-0.2, 0) is 0 Å². The summed E-state index contributed by atoms with van der Waals surface area (Å²) >= 11 is 11.7. The van der Waals surface area contributed by atoms with Crippen LogP contribution in [0.15, 0.2) is 71.7 Å². The number of aliphatic imine (C=N–C) groups is 1. The van der Waals surface area contributed by atoms with E-state index in [0.717, 1.165) is 35.4 Å². The molecule has 0 heterocycles. The third kappa shape index (κ3) is 4.53. The number of anilines is 1. The molecule has 0 aliphatic rings. The standard InChI is InChI=1S/C21H20Cl2N2/c22-12-14-25(15-13-23)19-10-8-17(9-11-19)16-24-21-7-3-5-18-4-1-2-6-20(18)21/h1-11,16H,12-15H2. The van der Waals surface area contributed by atoms with Gasteiger partial charge in [-0.2, -0.15) is 0 Å². The molecule has 0 saturated carbocycles. The first-order valence-corrected chi connectivity index (χ1v) is 9.37. The van der Waals surface area contributed by atoms with E-state index in [1.54, 1.807) is 0 Å². The fourth-order valence-corrected chi connectivity index (χ4v) is 3.22. The van der Waals surface area contributed by atoms with Crippen LogP contribution < -0.4 is 4.90 Å². The van der Waals surface area contributed by atoms with Gasteiger partial charge in [0.25, 0.3) is 0 Å². The summed E-state index contributed by atoms with van der Waals surface area (Å²) in [6, 6.07) is 22.8. The van der Waals surface area contributed by atoms with Gasteiger partial charge in [0, 0.05) is 42.1 Å². The van der Waals surface area contributed by atoms with E-state index >= 15 is 0 Å². The van der Waals surface area contributed by atoms with E-state index < -0.39 is 0 Å². The van der Waals surface area contributed by atoms with E-state index in [4.69, 9.17) is 23.2 Å². The van der Waals surface area contributed by atoms with Crippen LogP contribution in [0.2, 0.25) is 0 Å². The topological polar surface area (TPSA) is 15.6 Å². The van der Waals surface area contributed by atoms with Gasteiger partial charge >= 0.3 is 0 Å². The minimum Gasteiger partial charge on any atom is -0.369 e. The molecule has 0 aromatic heterocycles. The number of nitrogens with zero attached hydrogens (tertiary/aromatic N) is 2. The van der Waals surface area contributed by atoms with Crippen LogP contribution in [-0.4, -0.2) is 31.1 Å². The second-order valence-electron chi connectivity index (χ2n) is 5.71. The van der Waals surface area contributed by atoms with Gasteiger partial charge in [0.1, 0.15) is 0 Å². The molecule has 0 saturated heterocycles. The van der Waals surface area contributed by atoms with E-state index in [9.17, 15) is 0 Å². The first kappa shape index (κ1) is 17.8. The first-order valence-electron chi connectivity index (χ1n) is 8.30. The minimum absolute atomic E-state index is 0.585. The zero-order valence-corrected chi connectivity index (χ0v) is 15.4. The van der Waals surface area contributed by atoms with E-state index in [2.05, 4.69) is 52.4 Å². The maximum Gasteiger partial charge on any atom is 0.0708 e. The molecule has 3 aromatic rings. The van der Waals surface area contributed by atoms with Gasteiger partial charge in [-0.15, -0.1) is 23.2 Å². The Morgan fingerprint density at radius 1 is 0.800 bits per heavy atom. The molecule has 128 valence electrons. The zero-order valence-electron chi connectivity index (χ0n) is 13.9. The maximum absolute atomic E-state index is 5.87. The Bertz CT molecular complexity index is 833. The van der Waals surface area contributed by atoms with E-state index in [0.29, 0.717) is 11.8 Å². The van der Waals surface area contributed by atoms with E-state index in [-0.39, 0.29) is 0 Å². The molecule has 0 unspecified atom stereocenters. The Balaban J connectivity index is 1.79. The lowest BCUT2D eigenvalue weighted by Crippen LogP contribution is -2.27. The zero-order chi connectivity index (χ0) is 17.5. The molecule has 0 fully saturated rings. The van der Waals surface area contributed by atoms with Gasteiger partial charge in [0.05, 0.1) is 5.69 Å². The van der Waals surface area contributed by atoms with Crippen LogP contribution in [0.5, 0.6) is 0 Å². The smallest absolute Gasteiger partial charge is 0.0708 e. The Kier molecular flexibility index (Phi) is 6.32. The van der Waals surface area contributed by atoms with Gasteiger partial charge in [0.15, 0.2) is 0 Å². The molecule has 3 rings (SSSR count). The van der Waals surface area contributed by atoms with Crippen molar-refractivity contribution in [3.05, 3.63) is 72.3 Å². The fourth-order valence-electron chi connectivity index (χ4n) is 2.81. The Morgan fingerprint density at radius 3 is 2.20 bits per heavy atom. The van der Waals surface area contributed by atoms with Crippen molar-refractivity contribution in [3.8, 4) is 0 Å². The number of halogens is 2. The Labute approximate surface area is 158 Å². The summed E-state index contributed by atoms with van der Waals surface area (Å²) in [5.74, 6) is 1.17. The monoisotopic (exact) mass is 370 g/mol. The average molecular weight is 371 g/mol. The predicted octanol–water partition coefficient (Wildman–Crippen LogP) is 5.87. The SMILES string of the molecule is ClCCN(CCCl)c1ccc(C=Nc2cccc3ccccc23)cc1. The minimum atomic E-state index is 0.585. The largest absolute Gasteiger partial charge is 0.369 e. The highest BCUT2D eigenvalue weighted by atomic mass is 35.5. The number of benzene rings is 3. The Morgan fingerprint density at radius 2 is 1.48 bits per heavy atom. The van der Waals surface area contributed by atoms with Gasteiger partial charge in [-0.1, -0.05) is 48.5 Å². The molecule has 0 spiro atoms. The van der Waals surface area contributed by atoms with Crippen LogP contribution in [0, 0.1) is 0 Å². The number of rotatable bonds is 7. The van der Waals surface area contributed by atoms with Crippen molar-refractivity contribution in [3.63, 3.8) is 0 Å². The third-order valence-electron chi connectivity index (χ3n) is 4.09. The average Bonchev–Trinajstić information content (AvgIpc) is 2.66. The molecule has 0 bridgehead atoms. The lowest BCUT2D eigenvalue weighted by molar-refractivity contribution is 0.874. The van der Waals surface area contributed by atoms with Crippen molar-refractivity contribution in [1.82, 2.24) is 0 Å². The molecule has 2 nitrogen and oxygen atoms in total. The molecule has 4 heteroatoms. The maximum atomic E-state index is 5.87. The molecule has 0 aliphatic carbocycles. The number of fused-ring (bicyclic) bond motifs is 1. The quantitative estimate of drug-likeness (QED) is 0.374. The van der Waals surface area contributed by atoms with Gasteiger partial charge in [-0.3, -0.25) is 4.99 Å². The van der Waals surface area contributed by atoms with Crippen molar-refractivity contribution in [2.24, 2.45) is 4.99 Å². The van der Waals surface area contributed by atoms with Crippen molar-refractivity contribution in [1.29, 1.82) is 0 Å². The lowest BCUT2D eigenvalue weighted by Gasteiger charge is -2.22. The van der Waals surface area contributed by atoms with Crippen molar-refractivity contribution < 1.29 is 0 Å². The van der Waals surface area contributed by atoms with Crippen molar-refractivity contribution >= 4 is 51.6 Å². The highest BCUT2D eigenvalue weighted by molar-refractivity contribution is 6.18. The van der Waals surface area contributed by atoms with Crippen LogP contribution >= 0.6 is 23.2 Å². The highest BCUT2D eigenvalue weighted by Gasteiger charge is 2.04. The van der Waals surface area contributed by atoms with Crippen molar-refractivity contribution in [2.45, 2.75) is 0 Å². The molecule has 3 aromatic carbocycles. The summed E-state index contributed by atoms with van der Waals surface area (Å²) in [7, 11) is 0. The summed E-state index contributed by atoms with van der Waals surface area (Å²) in [5, 5.41) is 2.36. The summed E-state index contributed by atoms with van der Waals surface area (Å²) < 4.78 is 0. The first-order chi connectivity index (χ1) is 12.3. The lowest BCUT2D eigenvalue weighted by atomic mass is 10.1. The number of hydrogen-bond acceptors (Lipinski definition) is 2. The van der Waals surface area contributed by atoms with Crippen molar-refractivity contribution in [2.75, 3.05) is 29.7 Å². The number of alkyl halides is 2. The van der Waals surface area contributed by atoms with Gasteiger partial charge < -0.3 is 4.90 Å². The van der Waals surface area contributed by atoms with Gasteiger partial charge in [-0.05, 0) is 29.1 Å². The summed E-state index contributed by atoms with van der Waals surface area (Å²) in [5.41, 5.74) is 3.17. The predicted molar refractivity (Wildman–Crippen MR) is 111 cm³/mol. The van der Waals surface area contributed by atoms with Crippen LogP contribution in [0.1, 0.15) is 5.56 Å². The van der Waals surface area contributed by atoms with Crippen LogP contribution in [0.4, 0.5) is 11.4 Å².